The van der Waals surface area contributed by atoms with Crippen molar-refractivity contribution in [2.75, 3.05) is 12.4 Å². The number of nitrogens with zero attached hydrogens (tertiary/aromatic N) is 4. The van der Waals surface area contributed by atoms with E-state index in [0.29, 0.717) is 23.5 Å². The summed E-state index contributed by atoms with van der Waals surface area (Å²) in [6.07, 6.45) is 2.75. The number of aromatic nitrogens is 2. The van der Waals surface area contributed by atoms with Gasteiger partial charge in [-0.2, -0.15) is 27.8 Å². The number of hydrogen-bond donors (Lipinski definition) is 2. The van der Waals surface area contributed by atoms with Crippen LogP contribution in [0.25, 0.3) is 0 Å². The molecule has 0 radical (unpaired) electrons. The van der Waals surface area contributed by atoms with Crippen LogP contribution in [0.15, 0.2) is 6.20 Å². The van der Waals surface area contributed by atoms with Gasteiger partial charge in [0.15, 0.2) is 0 Å². The van der Waals surface area contributed by atoms with Gasteiger partial charge in [-0.25, -0.2) is 0 Å². The Hall–Kier alpha value is -2.26. The molecule has 30 heavy (non-hydrogen) atoms. The lowest BCUT2D eigenvalue weighted by Gasteiger charge is -2.35. The van der Waals surface area contributed by atoms with Gasteiger partial charge in [-0.1, -0.05) is 6.92 Å². The number of likely N-dealkylation sites (N-methyl/N-ethyl adjacent to an activating group) is 1. The van der Waals surface area contributed by atoms with E-state index >= 15 is 0 Å². The van der Waals surface area contributed by atoms with E-state index in [1.807, 2.05) is 33.9 Å². The summed E-state index contributed by atoms with van der Waals surface area (Å²) in [7, 11) is -2.48. The van der Waals surface area contributed by atoms with Crippen LogP contribution in [0.1, 0.15) is 53.6 Å². The van der Waals surface area contributed by atoms with Crippen LogP contribution < -0.4 is 10.0 Å². The Labute approximate surface area is 180 Å². The maximum atomic E-state index is 13.1. The molecule has 0 aromatic carbocycles. The summed E-state index contributed by atoms with van der Waals surface area (Å²) in [6.45, 7) is 8.30. The number of nitriles is 1. The van der Waals surface area contributed by atoms with Crippen LogP contribution in [0.2, 0.25) is 0 Å². The molecule has 9 nitrogen and oxygen atoms in total. The zero-order valence-corrected chi connectivity index (χ0v) is 19.3. The molecule has 162 valence electrons. The molecule has 1 aliphatic rings. The fourth-order valence-corrected chi connectivity index (χ4v) is 6.12. The van der Waals surface area contributed by atoms with E-state index in [1.54, 1.807) is 4.68 Å². The number of amides is 1. The fraction of sp³-hybridized carbons (Fsp3) is 0.526. The third-order valence-electron chi connectivity index (χ3n) is 5.47. The summed E-state index contributed by atoms with van der Waals surface area (Å²) in [5.74, 6) is -0.450. The molecule has 1 saturated heterocycles. The second-order valence-corrected chi connectivity index (χ2v) is 10.3. The molecule has 2 aromatic heterocycles. The van der Waals surface area contributed by atoms with Crippen molar-refractivity contribution in [2.24, 2.45) is 0 Å². The smallest absolute Gasteiger partial charge is 0.280 e. The van der Waals surface area contributed by atoms with Crippen LogP contribution in [0.5, 0.6) is 0 Å². The Kier molecular flexibility index (Phi) is 6.33. The first-order valence-corrected chi connectivity index (χ1v) is 12.0. The van der Waals surface area contributed by atoms with E-state index in [9.17, 15) is 18.5 Å². The number of carbonyl (C=O) groups is 1. The zero-order valence-electron chi connectivity index (χ0n) is 17.7. The molecule has 0 aliphatic carbocycles. The molecular formula is C19H26N6O3S2. The zero-order chi connectivity index (χ0) is 22.2. The van der Waals surface area contributed by atoms with Crippen molar-refractivity contribution in [1.82, 2.24) is 18.8 Å². The first kappa shape index (κ1) is 22.4. The molecule has 0 unspecified atom stereocenters. The lowest BCUT2D eigenvalue weighted by molar-refractivity contribution is -0.120. The molecule has 3 rings (SSSR count). The van der Waals surface area contributed by atoms with Crippen LogP contribution >= 0.6 is 11.3 Å². The van der Waals surface area contributed by atoms with Crippen molar-refractivity contribution in [1.29, 1.82) is 5.26 Å². The SMILES string of the molecule is CCc1c(C)sc(NC(=O)[C@@H]2C[C@@H](c3cn(CC)nc3C)NS(=O)(=O)N2C)c1C#N. The van der Waals surface area contributed by atoms with Gasteiger partial charge in [-0.3, -0.25) is 9.48 Å². The Bertz CT molecular complexity index is 1110. The number of hydrogen-bond acceptors (Lipinski definition) is 6. The fourth-order valence-electron chi connectivity index (χ4n) is 3.76. The van der Waals surface area contributed by atoms with Gasteiger partial charge in [0.05, 0.1) is 17.3 Å². The maximum absolute atomic E-state index is 13.1. The van der Waals surface area contributed by atoms with E-state index in [-0.39, 0.29) is 6.42 Å². The molecule has 0 saturated carbocycles. The predicted molar refractivity (Wildman–Crippen MR) is 115 cm³/mol. The second kappa shape index (κ2) is 8.47. The average Bonchev–Trinajstić information content (AvgIpc) is 3.21. The van der Waals surface area contributed by atoms with Gasteiger partial charge in [0.2, 0.25) is 5.91 Å². The molecule has 0 bridgehead atoms. The highest BCUT2D eigenvalue weighted by molar-refractivity contribution is 7.87. The van der Waals surface area contributed by atoms with Crippen LogP contribution in [0.4, 0.5) is 5.00 Å². The summed E-state index contributed by atoms with van der Waals surface area (Å²) < 4.78 is 30.8. The molecule has 1 aliphatic heterocycles. The van der Waals surface area contributed by atoms with Crippen molar-refractivity contribution >= 4 is 32.5 Å². The summed E-state index contributed by atoms with van der Waals surface area (Å²) in [6, 6.07) is 0.690. The predicted octanol–water partition coefficient (Wildman–Crippen LogP) is 2.23. The van der Waals surface area contributed by atoms with Gasteiger partial charge in [-0.05, 0) is 39.2 Å². The highest BCUT2D eigenvalue weighted by atomic mass is 32.2. The molecular weight excluding hydrogens is 424 g/mol. The maximum Gasteiger partial charge on any atom is 0.280 e. The minimum atomic E-state index is -3.86. The van der Waals surface area contributed by atoms with E-state index < -0.39 is 28.2 Å². The monoisotopic (exact) mass is 450 g/mol. The third-order valence-corrected chi connectivity index (χ3v) is 8.12. The Balaban J connectivity index is 1.91. The lowest BCUT2D eigenvalue weighted by atomic mass is 10.00. The number of carbonyl (C=O) groups excluding carboxylic acids is 1. The molecule has 2 N–H and O–H groups in total. The average molecular weight is 451 g/mol. The Morgan fingerprint density at radius 3 is 2.70 bits per heavy atom. The van der Waals surface area contributed by atoms with E-state index in [2.05, 4.69) is 21.2 Å². The highest BCUT2D eigenvalue weighted by Gasteiger charge is 2.41. The molecule has 11 heteroatoms. The van der Waals surface area contributed by atoms with E-state index in [1.165, 1.54) is 18.4 Å². The van der Waals surface area contributed by atoms with Crippen molar-refractivity contribution in [3.8, 4) is 6.07 Å². The van der Waals surface area contributed by atoms with Gasteiger partial charge in [0, 0.05) is 30.2 Å². The summed E-state index contributed by atoms with van der Waals surface area (Å²) in [5, 5.41) is 17.2. The Morgan fingerprint density at radius 1 is 1.43 bits per heavy atom. The lowest BCUT2D eigenvalue weighted by Crippen LogP contribution is -2.56. The molecule has 1 amide bonds. The standard InChI is InChI=1S/C19H26N6O3S2/c1-6-13-12(4)29-19(14(13)9-20)21-18(26)17-8-16(23-30(27,28)24(17)5)15-10-25(7-2)22-11(15)3/h10,16-17,23H,6-8H2,1-5H3,(H,21,26)/t16-,17-/m0/s1. The Morgan fingerprint density at radius 2 is 2.13 bits per heavy atom. The van der Waals surface area contributed by atoms with Crippen LogP contribution in [0, 0.1) is 25.2 Å². The number of aryl methyl sites for hydroxylation is 3. The summed E-state index contributed by atoms with van der Waals surface area (Å²) in [4.78, 5) is 14.1. The molecule has 3 heterocycles. The normalized spacial score (nSPS) is 21.3. The van der Waals surface area contributed by atoms with Gasteiger partial charge in [-0.15, -0.1) is 11.3 Å². The van der Waals surface area contributed by atoms with Crippen LogP contribution in [-0.4, -0.2) is 41.5 Å². The van der Waals surface area contributed by atoms with Crippen molar-refractivity contribution in [2.45, 2.75) is 59.2 Å². The van der Waals surface area contributed by atoms with E-state index in [4.69, 9.17) is 0 Å². The molecule has 0 spiro atoms. The molecule has 2 aromatic rings. The quantitative estimate of drug-likeness (QED) is 0.724. The first-order chi connectivity index (χ1) is 14.1. The van der Waals surface area contributed by atoms with Gasteiger partial charge < -0.3 is 5.32 Å². The van der Waals surface area contributed by atoms with Gasteiger partial charge in [0.1, 0.15) is 17.1 Å². The van der Waals surface area contributed by atoms with Crippen molar-refractivity contribution in [3.05, 3.63) is 33.5 Å². The minimum Gasteiger partial charge on any atom is -0.315 e. The largest absolute Gasteiger partial charge is 0.315 e. The number of thiophene rings is 1. The van der Waals surface area contributed by atoms with Crippen molar-refractivity contribution < 1.29 is 13.2 Å². The number of rotatable bonds is 5. The summed E-state index contributed by atoms with van der Waals surface area (Å²) in [5.41, 5.74) is 2.83. The number of nitrogens with one attached hydrogen (secondary N) is 2. The van der Waals surface area contributed by atoms with Gasteiger partial charge in [0.25, 0.3) is 10.2 Å². The summed E-state index contributed by atoms with van der Waals surface area (Å²) >= 11 is 1.34. The van der Waals surface area contributed by atoms with Crippen molar-refractivity contribution in [3.63, 3.8) is 0 Å². The first-order valence-electron chi connectivity index (χ1n) is 9.75. The minimum absolute atomic E-state index is 0.255. The van der Waals surface area contributed by atoms with E-state index in [0.717, 1.165) is 26.0 Å². The topological polar surface area (TPSA) is 120 Å². The molecule has 1 fully saturated rings. The number of anilines is 1. The highest BCUT2D eigenvalue weighted by Crippen LogP contribution is 2.34. The second-order valence-electron chi connectivity index (χ2n) is 7.26. The molecule has 2 atom stereocenters. The van der Waals surface area contributed by atoms with Crippen LogP contribution in [0.3, 0.4) is 0 Å². The third kappa shape index (κ3) is 4.00. The van der Waals surface area contributed by atoms with Gasteiger partial charge >= 0.3 is 0 Å². The van der Waals surface area contributed by atoms with Crippen LogP contribution in [-0.2, 0) is 28.0 Å².